The van der Waals surface area contributed by atoms with Gasteiger partial charge in [-0.05, 0) is 43.2 Å². The molecule has 0 aromatic heterocycles. The average molecular weight is 434 g/mol. The Morgan fingerprint density at radius 2 is 1.69 bits per heavy atom. The van der Waals surface area contributed by atoms with Crippen LogP contribution in [0.5, 0.6) is 0 Å². The summed E-state index contributed by atoms with van der Waals surface area (Å²) in [6, 6.07) is 13.5. The van der Waals surface area contributed by atoms with Crippen molar-refractivity contribution in [3.05, 3.63) is 69.7 Å². The van der Waals surface area contributed by atoms with Crippen LogP contribution >= 0.6 is 23.2 Å². The second-order valence-electron chi connectivity index (χ2n) is 6.81. The van der Waals surface area contributed by atoms with Gasteiger partial charge in [-0.1, -0.05) is 41.4 Å². The molecule has 0 aliphatic carbocycles. The van der Waals surface area contributed by atoms with Crippen LogP contribution in [0.25, 0.3) is 0 Å². The third-order valence-corrected chi connectivity index (χ3v) is 5.32. The molecule has 1 aliphatic heterocycles. The molecule has 1 aliphatic rings. The van der Waals surface area contributed by atoms with Crippen molar-refractivity contribution in [2.45, 2.75) is 18.9 Å². The number of carbonyl (C=O) groups is 3. The number of hydrogen-bond donors (Lipinski definition) is 2. The number of nitrogens with zero attached hydrogens (tertiary/aromatic N) is 1. The topological polar surface area (TPSA) is 78.5 Å². The predicted molar refractivity (Wildman–Crippen MR) is 112 cm³/mol. The molecular weight excluding hydrogens is 413 g/mol. The third kappa shape index (κ3) is 5.71. The molecule has 8 heteroatoms. The molecule has 1 fully saturated rings. The van der Waals surface area contributed by atoms with Crippen LogP contribution in [0.2, 0.25) is 10.0 Å². The van der Waals surface area contributed by atoms with Gasteiger partial charge in [0.15, 0.2) is 0 Å². The molecular formula is C21H21Cl2N3O3. The van der Waals surface area contributed by atoms with E-state index in [9.17, 15) is 14.4 Å². The van der Waals surface area contributed by atoms with Crippen LogP contribution in [0.4, 0.5) is 0 Å². The lowest BCUT2D eigenvalue weighted by Gasteiger charge is -2.32. The van der Waals surface area contributed by atoms with E-state index in [1.807, 2.05) is 6.07 Å². The van der Waals surface area contributed by atoms with Crippen molar-refractivity contribution in [3.8, 4) is 0 Å². The zero-order chi connectivity index (χ0) is 20.8. The van der Waals surface area contributed by atoms with Crippen molar-refractivity contribution in [2.24, 2.45) is 0 Å². The van der Waals surface area contributed by atoms with Gasteiger partial charge in [-0.2, -0.15) is 0 Å². The normalized spacial score (nSPS) is 14.3. The Bertz CT molecular complexity index is 897. The number of nitrogens with one attached hydrogen (secondary N) is 2. The van der Waals surface area contributed by atoms with Gasteiger partial charge in [0.25, 0.3) is 11.8 Å². The minimum atomic E-state index is -0.292. The van der Waals surface area contributed by atoms with Crippen LogP contribution < -0.4 is 10.6 Å². The van der Waals surface area contributed by atoms with Crippen molar-refractivity contribution in [2.75, 3.05) is 19.6 Å². The minimum absolute atomic E-state index is 0.0463. The van der Waals surface area contributed by atoms with Crippen molar-refractivity contribution in [3.63, 3.8) is 0 Å². The first kappa shape index (κ1) is 21.1. The summed E-state index contributed by atoms with van der Waals surface area (Å²) in [5, 5.41) is 6.33. The van der Waals surface area contributed by atoms with E-state index in [1.54, 1.807) is 47.4 Å². The zero-order valence-electron chi connectivity index (χ0n) is 15.7. The Morgan fingerprint density at radius 1 is 1.00 bits per heavy atom. The number of carbonyl (C=O) groups excluding carboxylic acids is 3. The smallest absolute Gasteiger partial charge is 0.255 e. The van der Waals surface area contributed by atoms with E-state index in [0.29, 0.717) is 47.1 Å². The maximum atomic E-state index is 12.7. The van der Waals surface area contributed by atoms with E-state index in [1.165, 1.54) is 0 Å². The summed E-state index contributed by atoms with van der Waals surface area (Å²) in [6.07, 6.45) is 1.25. The fourth-order valence-electron chi connectivity index (χ4n) is 3.19. The summed E-state index contributed by atoms with van der Waals surface area (Å²) in [5.41, 5.74) is 0.886. The first-order valence-corrected chi connectivity index (χ1v) is 10.1. The Kier molecular flexibility index (Phi) is 7.12. The molecule has 3 rings (SSSR count). The van der Waals surface area contributed by atoms with Crippen LogP contribution in [-0.2, 0) is 4.79 Å². The summed E-state index contributed by atoms with van der Waals surface area (Å²) in [7, 11) is 0. The van der Waals surface area contributed by atoms with Gasteiger partial charge in [0.2, 0.25) is 5.91 Å². The quantitative estimate of drug-likeness (QED) is 0.759. The highest BCUT2D eigenvalue weighted by Crippen LogP contribution is 2.23. The molecule has 6 nitrogen and oxygen atoms in total. The Balaban J connectivity index is 1.44. The van der Waals surface area contributed by atoms with E-state index in [4.69, 9.17) is 23.2 Å². The Morgan fingerprint density at radius 3 is 2.38 bits per heavy atom. The first-order valence-electron chi connectivity index (χ1n) is 9.31. The number of piperidine rings is 1. The molecule has 0 bridgehead atoms. The van der Waals surface area contributed by atoms with Gasteiger partial charge in [-0.25, -0.2) is 0 Å². The molecule has 0 saturated carbocycles. The monoisotopic (exact) mass is 433 g/mol. The molecule has 0 spiro atoms. The van der Waals surface area contributed by atoms with Crippen LogP contribution in [0, 0.1) is 0 Å². The molecule has 1 heterocycles. The van der Waals surface area contributed by atoms with Crippen molar-refractivity contribution in [1.82, 2.24) is 15.5 Å². The molecule has 2 aromatic carbocycles. The van der Waals surface area contributed by atoms with E-state index < -0.39 is 0 Å². The summed E-state index contributed by atoms with van der Waals surface area (Å²) in [4.78, 5) is 38.5. The van der Waals surface area contributed by atoms with Crippen LogP contribution in [0.1, 0.15) is 33.6 Å². The summed E-state index contributed by atoms with van der Waals surface area (Å²) >= 11 is 12.1. The third-order valence-electron chi connectivity index (χ3n) is 4.75. The lowest BCUT2D eigenvalue weighted by molar-refractivity contribution is -0.121. The maximum Gasteiger partial charge on any atom is 0.255 e. The standard InChI is InChI=1S/C21H21Cl2N3O3/c22-15-6-7-18(23)17(12-15)21(29)26-10-8-16(9-11-26)25-19(27)13-24-20(28)14-4-2-1-3-5-14/h1-7,12,16H,8-11,13H2,(H,24,28)(H,25,27). The minimum Gasteiger partial charge on any atom is -0.352 e. The van der Waals surface area contributed by atoms with Gasteiger partial charge in [0, 0.05) is 29.7 Å². The van der Waals surface area contributed by atoms with Crippen molar-refractivity contribution >= 4 is 40.9 Å². The van der Waals surface area contributed by atoms with Crippen molar-refractivity contribution in [1.29, 1.82) is 0 Å². The van der Waals surface area contributed by atoms with E-state index in [2.05, 4.69) is 10.6 Å². The molecule has 2 N–H and O–H groups in total. The first-order chi connectivity index (χ1) is 13.9. The largest absolute Gasteiger partial charge is 0.352 e. The fraction of sp³-hybridized carbons (Fsp3) is 0.286. The Hall–Kier alpha value is -2.57. The molecule has 0 atom stereocenters. The van der Waals surface area contributed by atoms with Gasteiger partial charge >= 0.3 is 0 Å². The number of hydrogen-bond acceptors (Lipinski definition) is 3. The van der Waals surface area contributed by atoms with E-state index in [-0.39, 0.29) is 30.3 Å². The highest BCUT2D eigenvalue weighted by molar-refractivity contribution is 6.35. The highest BCUT2D eigenvalue weighted by Gasteiger charge is 2.26. The highest BCUT2D eigenvalue weighted by atomic mass is 35.5. The molecule has 1 saturated heterocycles. The Labute approximate surface area is 179 Å². The lowest BCUT2D eigenvalue weighted by Crippen LogP contribution is -2.48. The second-order valence-corrected chi connectivity index (χ2v) is 7.65. The molecule has 2 aromatic rings. The number of rotatable bonds is 5. The second kappa shape index (κ2) is 9.76. The number of likely N-dealkylation sites (tertiary alicyclic amines) is 1. The van der Waals surface area contributed by atoms with E-state index >= 15 is 0 Å². The predicted octanol–water partition coefficient (Wildman–Crippen LogP) is 3.14. The summed E-state index contributed by atoms with van der Waals surface area (Å²) < 4.78 is 0. The lowest BCUT2D eigenvalue weighted by atomic mass is 10.0. The molecule has 152 valence electrons. The maximum absolute atomic E-state index is 12.7. The van der Waals surface area contributed by atoms with Crippen LogP contribution in [-0.4, -0.2) is 48.3 Å². The number of benzene rings is 2. The molecule has 3 amide bonds. The van der Waals surface area contributed by atoms with Crippen LogP contribution in [0.3, 0.4) is 0 Å². The molecule has 29 heavy (non-hydrogen) atoms. The number of amides is 3. The molecule has 0 unspecified atom stereocenters. The fourth-order valence-corrected chi connectivity index (χ4v) is 3.56. The number of halogens is 2. The SMILES string of the molecule is O=C(CNC(=O)c1ccccc1)NC1CCN(C(=O)c2cc(Cl)ccc2Cl)CC1. The summed E-state index contributed by atoms with van der Waals surface area (Å²) in [6.45, 7) is 0.914. The van der Waals surface area contributed by atoms with Gasteiger partial charge in [0.1, 0.15) is 0 Å². The van der Waals surface area contributed by atoms with Gasteiger partial charge in [0.05, 0.1) is 17.1 Å². The van der Waals surface area contributed by atoms with Crippen LogP contribution in [0.15, 0.2) is 48.5 Å². The van der Waals surface area contributed by atoms with Crippen molar-refractivity contribution < 1.29 is 14.4 Å². The van der Waals surface area contributed by atoms with Gasteiger partial charge in [-0.15, -0.1) is 0 Å². The molecule has 0 radical (unpaired) electrons. The van der Waals surface area contributed by atoms with Gasteiger partial charge in [-0.3, -0.25) is 14.4 Å². The van der Waals surface area contributed by atoms with Gasteiger partial charge < -0.3 is 15.5 Å². The average Bonchev–Trinajstić information content (AvgIpc) is 2.74. The van der Waals surface area contributed by atoms with E-state index in [0.717, 1.165) is 0 Å². The zero-order valence-corrected chi connectivity index (χ0v) is 17.2. The summed E-state index contributed by atoms with van der Waals surface area (Å²) in [5.74, 6) is -0.714.